The van der Waals surface area contributed by atoms with Crippen molar-refractivity contribution in [1.82, 2.24) is 0 Å². The Labute approximate surface area is 332 Å². The Morgan fingerprint density at radius 1 is 0.556 bits per heavy atom. The van der Waals surface area contributed by atoms with Crippen molar-refractivity contribution in [2.24, 2.45) is 0 Å². The average Bonchev–Trinajstić information content (AvgIpc) is 3.12. The number of carboxylic acids is 1. The van der Waals surface area contributed by atoms with Crippen LogP contribution in [0.4, 0.5) is 0 Å². The number of hydrogen-bond acceptors (Lipinski definition) is 7. The predicted molar refractivity (Wildman–Crippen MR) is 222 cm³/mol. The van der Waals surface area contributed by atoms with Crippen LogP contribution >= 0.6 is 0 Å². The van der Waals surface area contributed by atoms with Crippen LogP contribution in [0.3, 0.4) is 0 Å². The number of aliphatic carboxylic acids is 1. The number of esters is 2. The molecule has 0 spiro atoms. The molecule has 0 aliphatic rings. The van der Waals surface area contributed by atoms with Crippen LogP contribution in [0, 0.1) is 0 Å². The van der Waals surface area contributed by atoms with Gasteiger partial charge >= 0.3 is 11.9 Å². The summed E-state index contributed by atoms with van der Waals surface area (Å²) in [5, 5.41) is 11.6. The van der Waals surface area contributed by atoms with Crippen molar-refractivity contribution in [2.75, 3.05) is 41.0 Å². The normalized spacial score (nSPS) is 13.1. The first kappa shape index (κ1) is 51.8. The number of carbonyl (C=O) groups excluding carboxylic acids is 3. The van der Waals surface area contributed by atoms with E-state index in [4.69, 9.17) is 14.2 Å². The maximum absolute atomic E-state index is 12.7. The van der Waals surface area contributed by atoms with Gasteiger partial charge in [0, 0.05) is 19.3 Å². The summed E-state index contributed by atoms with van der Waals surface area (Å²) in [6.07, 6.45) is 40.5. The number of rotatable bonds is 40. The van der Waals surface area contributed by atoms with E-state index in [2.05, 4.69) is 38.2 Å². The van der Waals surface area contributed by atoms with Crippen molar-refractivity contribution in [3.63, 3.8) is 0 Å². The minimum absolute atomic E-state index is 0.0437. The van der Waals surface area contributed by atoms with Gasteiger partial charge in [0.15, 0.2) is 6.10 Å². The van der Waals surface area contributed by atoms with Crippen LogP contribution in [-0.4, -0.2) is 75.5 Å². The highest BCUT2D eigenvalue weighted by Gasteiger charge is 2.25. The molecular formula is C46H85NO7. The van der Waals surface area contributed by atoms with E-state index in [1.807, 2.05) is 0 Å². The molecule has 316 valence electrons. The van der Waals surface area contributed by atoms with Crippen LogP contribution in [-0.2, 0) is 28.6 Å². The van der Waals surface area contributed by atoms with E-state index in [1.165, 1.54) is 128 Å². The summed E-state index contributed by atoms with van der Waals surface area (Å²) < 4.78 is 17.2. The lowest BCUT2D eigenvalue weighted by molar-refractivity contribution is -0.889. The van der Waals surface area contributed by atoms with Crippen molar-refractivity contribution in [1.29, 1.82) is 0 Å². The Hall–Kier alpha value is -2.19. The summed E-state index contributed by atoms with van der Waals surface area (Å²) >= 11 is 0. The SMILES string of the molecule is CCCCC/C=C/C=C/CCCCCCCCCCCCC(=O)OCC(COCCC(C(=O)[O-])[N+](C)(C)C)OC(=O)CCCCCCCCCCCCC. The van der Waals surface area contributed by atoms with Gasteiger partial charge in [0.05, 0.1) is 40.3 Å². The number of allylic oxidation sites excluding steroid dienone is 4. The van der Waals surface area contributed by atoms with Gasteiger partial charge in [-0.25, -0.2) is 0 Å². The molecule has 0 bridgehead atoms. The largest absolute Gasteiger partial charge is 0.544 e. The van der Waals surface area contributed by atoms with Gasteiger partial charge in [-0.2, -0.15) is 0 Å². The lowest BCUT2D eigenvalue weighted by Crippen LogP contribution is -2.55. The number of unbranched alkanes of at least 4 members (excludes halogenated alkanes) is 23. The van der Waals surface area contributed by atoms with E-state index in [0.29, 0.717) is 12.8 Å². The number of ether oxygens (including phenoxy) is 3. The third kappa shape index (κ3) is 35.5. The second-order valence-electron chi connectivity index (χ2n) is 16.3. The zero-order valence-electron chi connectivity index (χ0n) is 35.9. The second-order valence-corrected chi connectivity index (χ2v) is 16.3. The van der Waals surface area contributed by atoms with Crippen LogP contribution in [0.5, 0.6) is 0 Å². The van der Waals surface area contributed by atoms with E-state index in [1.54, 1.807) is 21.1 Å². The standard InChI is InChI=1S/C46H85NO7/c1-6-8-10-12-14-16-18-19-20-21-22-23-24-25-27-28-30-32-34-36-44(48)53-41-42(40-52-39-38-43(46(50)51)47(3,4)5)54-45(49)37-35-33-31-29-26-17-15-13-11-9-7-2/h14,16,18-19,42-43H,6-13,15,17,20-41H2,1-5H3/b16-14+,19-18+. The molecule has 54 heavy (non-hydrogen) atoms. The Balaban J connectivity index is 4.26. The fourth-order valence-corrected chi connectivity index (χ4v) is 6.59. The first-order valence-electron chi connectivity index (χ1n) is 22.4. The van der Waals surface area contributed by atoms with Crippen LogP contribution < -0.4 is 5.11 Å². The summed E-state index contributed by atoms with van der Waals surface area (Å²) in [7, 11) is 5.41. The number of nitrogens with zero attached hydrogens (tertiary/aromatic N) is 1. The Kier molecular flexibility index (Phi) is 36.2. The topological polar surface area (TPSA) is 102 Å². The highest BCUT2D eigenvalue weighted by Crippen LogP contribution is 2.15. The molecule has 0 fully saturated rings. The summed E-state index contributed by atoms with van der Waals surface area (Å²) in [5.74, 6) is -1.73. The molecule has 0 aromatic heterocycles. The Morgan fingerprint density at radius 2 is 0.963 bits per heavy atom. The Morgan fingerprint density at radius 3 is 1.43 bits per heavy atom. The van der Waals surface area contributed by atoms with Crippen molar-refractivity contribution >= 4 is 17.9 Å². The molecule has 0 heterocycles. The molecule has 0 saturated carbocycles. The molecule has 0 rings (SSSR count). The third-order valence-corrected chi connectivity index (χ3v) is 10.1. The number of quaternary nitrogens is 1. The maximum Gasteiger partial charge on any atom is 0.306 e. The number of carbonyl (C=O) groups is 3. The molecule has 8 heteroatoms. The van der Waals surface area contributed by atoms with Crippen LogP contribution in [0.1, 0.15) is 200 Å². The predicted octanol–water partition coefficient (Wildman–Crippen LogP) is 10.7. The van der Waals surface area contributed by atoms with Crippen molar-refractivity contribution in [2.45, 2.75) is 212 Å². The molecule has 0 radical (unpaired) electrons. The molecule has 2 atom stereocenters. The fraction of sp³-hybridized carbons (Fsp3) is 0.848. The van der Waals surface area contributed by atoms with Crippen LogP contribution in [0.2, 0.25) is 0 Å². The van der Waals surface area contributed by atoms with E-state index in [0.717, 1.165) is 38.5 Å². The molecule has 0 aromatic rings. The zero-order chi connectivity index (χ0) is 40.0. The molecule has 0 aliphatic carbocycles. The minimum atomic E-state index is -1.12. The van der Waals surface area contributed by atoms with E-state index < -0.39 is 18.1 Å². The van der Waals surface area contributed by atoms with E-state index in [-0.39, 0.29) is 42.7 Å². The average molecular weight is 764 g/mol. The summed E-state index contributed by atoms with van der Waals surface area (Å²) in [6, 6.07) is -0.722. The lowest BCUT2D eigenvalue weighted by atomic mass is 10.1. The lowest BCUT2D eigenvalue weighted by Gasteiger charge is -2.34. The fourth-order valence-electron chi connectivity index (χ4n) is 6.59. The monoisotopic (exact) mass is 764 g/mol. The van der Waals surface area contributed by atoms with Gasteiger partial charge in [-0.1, -0.05) is 167 Å². The molecule has 0 amide bonds. The van der Waals surface area contributed by atoms with Gasteiger partial charge in [-0.15, -0.1) is 0 Å². The smallest absolute Gasteiger partial charge is 0.306 e. The van der Waals surface area contributed by atoms with Gasteiger partial charge in [-0.3, -0.25) is 9.59 Å². The van der Waals surface area contributed by atoms with E-state index in [9.17, 15) is 19.5 Å². The minimum Gasteiger partial charge on any atom is -0.544 e. The van der Waals surface area contributed by atoms with Crippen molar-refractivity contribution < 1.29 is 38.2 Å². The molecule has 0 N–H and O–H groups in total. The maximum atomic E-state index is 12.7. The van der Waals surface area contributed by atoms with Crippen molar-refractivity contribution in [3.05, 3.63) is 24.3 Å². The Bertz CT molecular complexity index is 942. The highest BCUT2D eigenvalue weighted by molar-refractivity contribution is 5.70. The quantitative estimate of drug-likeness (QED) is 0.0265. The molecule has 2 unspecified atom stereocenters. The summed E-state index contributed by atoms with van der Waals surface area (Å²) in [6.45, 7) is 4.64. The third-order valence-electron chi connectivity index (χ3n) is 10.1. The molecule has 0 saturated heterocycles. The van der Waals surface area contributed by atoms with E-state index >= 15 is 0 Å². The van der Waals surface area contributed by atoms with Gasteiger partial charge in [0.1, 0.15) is 12.6 Å². The number of likely N-dealkylation sites (N-methyl/N-ethyl adjacent to an activating group) is 1. The first-order chi connectivity index (χ1) is 26.1. The van der Waals surface area contributed by atoms with Crippen LogP contribution in [0.25, 0.3) is 0 Å². The second kappa shape index (κ2) is 37.7. The summed E-state index contributed by atoms with van der Waals surface area (Å²) in [4.78, 5) is 36.8. The highest BCUT2D eigenvalue weighted by atomic mass is 16.6. The van der Waals surface area contributed by atoms with Crippen LogP contribution in [0.15, 0.2) is 24.3 Å². The summed E-state index contributed by atoms with van der Waals surface area (Å²) in [5.41, 5.74) is 0. The van der Waals surface area contributed by atoms with Crippen molar-refractivity contribution in [3.8, 4) is 0 Å². The molecule has 0 aromatic carbocycles. The first-order valence-corrected chi connectivity index (χ1v) is 22.4. The zero-order valence-corrected chi connectivity index (χ0v) is 35.9. The molecular weight excluding hydrogens is 679 g/mol. The van der Waals surface area contributed by atoms with Gasteiger partial charge < -0.3 is 28.6 Å². The van der Waals surface area contributed by atoms with Gasteiger partial charge in [0.25, 0.3) is 0 Å². The molecule has 8 nitrogen and oxygen atoms in total. The molecule has 0 aliphatic heterocycles. The van der Waals surface area contributed by atoms with Gasteiger partial charge in [-0.05, 0) is 38.5 Å². The van der Waals surface area contributed by atoms with Gasteiger partial charge in [0.2, 0.25) is 0 Å². The number of hydrogen-bond donors (Lipinski definition) is 0. The number of carboxylic acid groups (broad SMARTS) is 1.